The summed E-state index contributed by atoms with van der Waals surface area (Å²) in [5, 5.41) is 4.79. The molecule has 1 aliphatic rings. The van der Waals surface area contributed by atoms with Gasteiger partial charge in [0.1, 0.15) is 10.7 Å². The number of ether oxygens (including phenoxy) is 1. The molecule has 0 atom stereocenters. The van der Waals surface area contributed by atoms with Crippen LogP contribution in [0.4, 0.5) is 0 Å². The second kappa shape index (κ2) is 5.81. The van der Waals surface area contributed by atoms with Crippen LogP contribution in [-0.4, -0.2) is 42.1 Å². The summed E-state index contributed by atoms with van der Waals surface area (Å²) in [5.74, 6) is 0.0181. The maximum atomic E-state index is 12.4. The summed E-state index contributed by atoms with van der Waals surface area (Å²) in [5.41, 5.74) is 0.551. The van der Waals surface area contributed by atoms with Crippen LogP contribution in [0.3, 0.4) is 0 Å². The van der Waals surface area contributed by atoms with Gasteiger partial charge in [0, 0.05) is 25.1 Å². The second-order valence-corrected chi connectivity index (χ2v) is 6.08. The fourth-order valence-corrected chi connectivity index (χ4v) is 3.60. The van der Waals surface area contributed by atoms with E-state index in [0.29, 0.717) is 18.8 Å². The third kappa shape index (κ3) is 2.86. The molecule has 0 unspecified atom stereocenters. The van der Waals surface area contributed by atoms with E-state index < -0.39 is 0 Å². The fourth-order valence-electron chi connectivity index (χ4n) is 2.00. The largest absolute Gasteiger partial charge is 0.380 e. The molecule has 4 nitrogen and oxygen atoms in total. The van der Waals surface area contributed by atoms with E-state index >= 15 is 0 Å². The van der Waals surface area contributed by atoms with Gasteiger partial charge in [0.25, 0.3) is 5.91 Å². The van der Waals surface area contributed by atoms with E-state index in [-0.39, 0.29) is 5.91 Å². The molecule has 3 rings (SSSR count). The Morgan fingerprint density at radius 3 is 3.11 bits per heavy atom. The fraction of sp³-hybridized carbons (Fsp3) is 0.385. The Bertz CT molecular complexity index is 543. The number of aromatic nitrogens is 1. The van der Waals surface area contributed by atoms with Gasteiger partial charge in [0.05, 0.1) is 11.5 Å². The van der Waals surface area contributed by atoms with Crippen molar-refractivity contribution in [2.24, 2.45) is 0 Å². The number of nitrogens with zero attached hydrogens (tertiary/aromatic N) is 2. The van der Waals surface area contributed by atoms with Gasteiger partial charge in [-0.15, -0.1) is 22.7 Å². The Balaban J connectivity index is 1.76. The molecule has 6 heteroatoms. The Kier molecular flexibility index (Phi) is 3.91. The van der Waals surface area contributed by atoms with Crippen molar-refractivity contribution in [3.05, 3.63) is 28.6 Å². The number of hydrogen-bond acceptors (Lipinski definition) is 5. The molecule has 0 saturated carbocycles. The lowest BCUT2D eigenvalue weighted by Gasteiger charge is -2.17. The van der Waals surface area contributed by atoms with Gasteiger partial charge in [-0.25, -0.2) is 4.98 Å². The highest BCUT2D eigenvalue weighted by atomic mass is 32.1. The minimum Gasteiger partial charge on any atom is -0.380 e. The Labute approximate surface area is 119 Å². The van der Waals surface area contributed by atoms with Crippen LogP contribution in [0.2, 0.25) is 0 Å². The lowest BCUT2D eigenvalue weighted by Crippen LogP contribution is -2.33. The van der Waals surface area contributed by atoms with E-state index in [1.54, 1.807) is 11.3 Å². The molecule has 0 spiro atoms. The predicted octanol–water partition coefficient (Wildman–Crippen LogP) is 2.73. The molecule has 1 fully saturated rings. The van der Waals surface area contributed by atoms with Gasteiger partial charge < -0.3 is 9.64 Å². The molecule has 2 aromatic heterocycles. The number of carbonyl (C=O) groups excluding carboxylic acids is 1. The number of thiazole rings is 1. The second-order valence-electron chi connectivity index (χ2n) is 4.27. The van der Waals surface area contributed by atoms with E-state index in [9.17, 15) is 4.79 Å². The van der Waals surface area contributed by atoms with E-state index in [1.165, 1.54) is 11.3 Å². The van der Waals surface area contributed by atoms with Gasteiger partial charge in [0.15, 0.2) is 0 Å². The molecule has 2 aromatic rings. The van der Waals surface area contributed by atoms with E-state index in [4.69, 9.17) is 4.74 Å². The summed E-state index contributed by atoms with van der Waals surface area (Å²) >= 11 is 3.17. The molecular formula is C13H14N2O2S2. The standard InChI is InChI=1S/C13H14N2O2S2/c16-13(15-4-2-6-17-7-5-15)10-9-19-12(14-10)11-3-1-8-18-11/h1,3,8-9H,2,4-7H2. The Hall–Kier alpha value is -1.24. The van der Waals surface area contributed by atoms with Crippen molar-refractivity contribution in [1.29, 1.82) is 0 Å². The van der Waals surface area contributed by atoms with E-state index in [0.717, 1.165) is 29.5 Å². The molecule has 100 valence electrons. The smallest absolute Gasteiger partial charge is 0.273 e. The zero-order chi connectivity index (χ0) is 13.1. The van der Waals surface area contributed by atoms with Crippen LogP contribution in [0.5, 0.6) is 0 Å². The number of thiophene rings is 1. The molecule has 0 N–H and O–H groups in total. The van der Waals surface area contributed by atoms with Gasteiger partial charge in [-0.3, -0.25) is 4.79 Å². The van der Waals surface area contributed by atoms with Crippen molar-refractivity contribution in [1.82, 2.24) is 9.88 Å². The minimum atomic E-state index is 0.0181. The molecule has 0 radical (unpaired) electrons. The first kappa shape index (κ1) is 12.8. The SMILES string of the molecule is O=C(c1csc(-c2cccs2)n1)N1CCCOCC1. The van der Waals surface area contributed by atoms with Gasteiger partial charge in [-0.05, 0) is 17.9 Å². The summed E-state index contributed by atoms with van der Waals surface area (Å²) in [7, 11) is 0. The summed E-state index contributed by atoms with van der Waals surface area (Å²) in [6.45, 7) is 2.77. The van der Waals surface area contributed by atoms with Gasteiger partial charge in [0.2, 0.25) is 0 Å². The van der Waals surface area contributed by atoms with Crippen LogP contribution in [0.1, 0.15) is 16.9 Å². The zero-order valence-corrected chi connectivity index (χ0v) is 12.0. The van der Waals surface area contributed by atoms with Crippen LogP contribution >= 0.6 is 22.7 Å². The maximum Gasteiger partial charge on any atom is 0.273 e. The average molecular weight is 294 g/mol. The van der Waals surface area contributed by atoms with E-state index in [1.807, 2.05) is 27.8 Å². The topological polar surface area (TPSA) is 42.4 Å². The highest BCUT2D eigenvalue weighted by Crippen LogP contribution is 2.28. The first-order valence-corrected chi connectivity index (χ1v) is 7.97. The van der Waals surface area contributed by atoms with Crippen molar-refractivity contribution in [2.75, 3.05) is 26.3 Å². The molecule has 0 aliphatic carbocycles. The normalized spacial score (nSPS) is 16.3. The molecule has 0 bridgehead atoms. The first-order chi connectivity index (χ1) is 9.34. The summed E-state index contributed by atoms with van der Waals surface area (Å²) in [6, 6.07) is 4.02. The number of carbonyl (C=O) groups is 1. The van der Waals surface area contributed by atoms with E-state index in [2.05, 4.69) is 4.98 Å². The lowest BCUT2D eigenvalue weighted by atomic mass is 10.3. The summed E-state index contributed by atoms with van der Waals surface area (Å²) in [6.07, 6.45) is 0.896. The van der Waals surface area contributed by atoms with Crippen molar-refractivity contribution in [3.63, 3.8) is 0 Å². The van der Waals surface area contributed by atoms with Gasteiger partial charge >= 0.3 is 0 Å². The van der Waals surface area contributed by atoms with Crippen LogP contribution in [0, 0.1) is 0 Å². The summed E-state index contributed by atoms with van der Waals surface area (Å²) < 4.78 is 5.36. The number of hydrogen-bond donors (Lipinski definition) is 0. The quantitative estimate of drug-likeness (QED) is 0.855. The number of rotatable bonds is 2. The monoisotopic (exact) mass is 294 g/mol. The Morgan fingerprint density at radius 2 is 2.26 bits per heavy atom. The zero-order valence-electron chi connectivity index (χ0n) is 10.4. The summed E-state index contributed by atoms with van der Waals surface area (Å²) in [4.78, 5) is 19.8. The third-order valence-corrected chi connectivity index (χ3v) is 4.85. The van der Waals surface area contributed by atoms with Crippen molar-refractivity contribution < 1.29 is 9.53 Å². The molecular weight excluding hydrogens is 280 g/mol. The third-order valence-electron chi connectivity index (χ3n) is 2.96. The van der Waals surface area contributed by atoms with Crippen LogP contribution in [0.15, 0.2) is 22.9 Å². The Morgan fingerprint density at radius 1 is 1.32 bits per heavy atom. The van der Waals surface area contributed by atoms with Crippen molar-refractivity contribution in [3.8, 4) is 9.88 Å². The van der Waals surface area contributed by atoms with Crippen LogP contribution in [0.25, 0.3) is 9.88 Å². The van der Waals surface area contributed by atoms with Crippen molar-refractivity contribution in [2.45, 2.75) is 6.42 Å². The highest BCUT2D eigenvalue weighted by molar-refractivity contribution is 7.20. The molecule has 1 aliphatic heterocycles. The molecule has 0 aromatic carbocycles. The first-order valence-electron chi connectivity index (χ1n) is 6.21. The molecule has 1 amide bonds. The van der Waals surface area contributed by atoms with Crippen LogP contribution < -0.4 is 0 Å². The predicted molar refractivity (Wildman–Crippen MR) is 76.8 cm³/mol. The van der Waals surface area contributed by atoms with Gasteiger partial charge in [-0.1, -0.05) is 6.07 Å². The number of amides is 1. The lowest BCUT2D eigenvalue weighted by molar-refractivity contribution is 0.0736. The average Bonchev–Trinajstić information content (AvgIpc) is 3.04. The van der Waals surface area contributed by atoms with Crippen molar-refractivity contribution >= 4 is 28.6 Å². The molecule has 19 heavy (non-hydrogen) atoms. The van der Waals surface area contributed by atoms with Crippen LogP contribution in [-0.2, 0) is 4.74 Å². The van der Waals surface area contributed by atoms with Gasteiger partial charge in [-0.2, -0.15) is 0 Å². The minimum absolute atomic E-state index is 0.0181. The molecule has 3 heterocycles. The maximum absolute atomic E-state index is 12.4. The highest BCUT2D eigenvalue weighted by Gasteiger charge is 2.20. The molecule has 1 saturated heterocycles.